The van der Waals surface area contributed by atoms with Crippen LogP contribution < -0.4 is 16.0 Å². The Kier molecular flexibility index (Phi) is 7.83. The Bertz CT molecular complexity index is 1260. The molecule has 3 aromatic rings. The van der Waals surface area contributed by atoms with Crippen molar-refractivity contribution in [2.75, 3.05) is 36.4 Å². The van der Waals surface area contributed by atoms with Gasteiger partial charge in [-0.25, -0.2) is 18.2 Å². The number of piperidine rings is 1. The number of anilines is 2. The van der Waals surface area contributed by atoms with Gasteiger partial charge in [-0.1, -0.05) is 6.92 Å². The number of hydrogen-bond donors (Lipinski definition) is 3. The summed E-state index contributed by atoms with van der Waals surface area (Å²) < 4.78 is 44.9. The van der Waals surface area contributed by atoms with Crippen LogP contribution in [0.4, 0.5) is 24.5 Å². The number of likely N-dealkylation sites (tertiary alicyclic amines) is 1. The van der Waals surface area contributed by atoms with Crippen molar-refractivity contribution in [1.29, 1.82) is 0 Å². The molecular formula is C28H33F3N6O. The molecule has 38 heavy (non-hydrogen) atoms. The van der Waals surface area contributed by atoms with Gasteiger partial charge in [-0.3, -0.25) is 9.88 Å². The van der Waals surface area contributed by atoms with E-state index in [4.69, 9.17) is 5.73 Å². The van der Waals surface area contributed by atoms with E-state index in [2.05, 4.69) is 27.1 Å². The molecule has 10 heteroatoms. The van der Waals surface area contributed by atoms with Gasteiger partial charge in [-0.05, 0) is 54.7 Å². The first-order valence-electron chi connectivity index (χ1n) is 13.0. The topological polar surface area (TPSA) is 90.5 Å². The van der Waals surface area contributed by atoms with E-state index in [9.17, 15) is 9.50 Å². The molecule has 2 aromatic heterocycles. The highest BCUT2D eigenvalue weighted by Gasteiger charge is 2.25. The van der Waals surface area contributed by atoms with Crippen LogP contribution >= 0.6 is 0 Å². The van der Waals surface area contributed by atoms with Crippen LogP contribution in [0.1, 0.15) is 31.0 Å². The maximum Gasteiger partial charge on any atom is 0.149 e. The van der Waals surface area contributed by atoms with E-state index in [0.717, 1.165) is 30.9 Å². The molecule has 2 aliphatic heterocycles. The molecule has 0 bridgehead atoms. The molecular weight excluding hydrogens is 493 g/mol. The fraction of sp³-hybridized carbons (Fsp3) is 0.429. The van der Waals surface area contributed by atoms with Crippen molar-refractivity contribution in [3.05, 3.63) is 71.4 Å². The van der Waals surface area contributed by atoms with E-state index < -0.39 is 29.1 Å². The quantitative estimate of drug-likeness (QED) is 0.430. The summed E-state index contributed by atoms with van der Waals surface area (Å²) in [5.41, 5.74) is 7.96. The highest BCUT2D eigenvalue weighted by Crippen LogP contribution is 2.31. The number of aromatic nitrogens is 2. The van der Waals surface area contributed by atoms with Crippen LogP contribution in [0.3, 0.4) is 0 Å². The predicted octanol–water partition coefficient (Wildman–Crippen LogP) is 3.91. The van der Waals surface area contributed by atoms with Gasteiger partial charge in [0.2, 0.25) is 0 Å². The number of halogens is 3. The van der Waals surface area contributed by atoms with Gasteiger partial charge in [0.05, 0.1) is 41.5 Å². The Morgan fingerprint density at radius 1 is 1.08 bits per heavy atom. The molecule has 2 aliphatic rings. The fourth-order valence-electron chi connectivity index (χ4n) is 5.49. The Balaban J connectivity index is 1.34. The number of nitrogens with one attached hydrogen (secondary N) is 1. The Hall–Kier alpha value is -3.21. The highest BCUT2D eigenvalue weighted by molar-refractivity contribution is 5.69. The van der Waals surface area contributed by atoms with Crippen molar-refractivity contribution in [2.24, 2.45) is 11.7 Å². The van der Waals surface area contributed by atoms with E-state index in [0.29, 0.717) is 43.2 Å². The number of hydrogen-bond acceptors (Lipinski definition) is 7. The van der Waals surface area contributed by atoms with Crippen LogP contribution in [0, 0.1) is 23.4 Å². The van der Waals surface area contributed by atoms with Gasteiger partial charge in [-0.15, -0.1) is 0 Å². The first-order chi connectivity index (χ1) is 18.3. The van der Waals surface area contributed by atoms with Crippen LogP contribution in [-0.4, -0.2) is 58.3 Å². The van der Waals surface area contributed by atoms with Crippen LogP contribution in [0.15, 0.2) is 42.7 Å². The van der Waals surface area contributed by atoms with Gasteiger partial charge < -0.3 is 21.1 Å². The van der Waals surface area contributed by atoms with Crippen LogP contribution in [0.2, 0.25) is 0 Å². The standard InChI is InChI=1S/C28H33F3N6O/c1-17-8-19(32)15-37(13-17)26-4-6-33-12-25(26)34-11-20-2-3-22(29)28(35-20)27-23(30)9-18(10-24(27)31)14-36-7-5-21(38)16-36/h2-4,6,9-10,12,17,19,21,34,38H,5,7-8,11,13-16,32H2,1H3. The molecule has 3 atom stereocenters. The normalized spacial score (nSPS) is 22.2. The molecule has 0 spiro atoms. The number of β-amino-alcohol motifs (C(OH)–C–C–N with tert-alkyl or cyclic N) is 1. The summed E-state index contributed by atoms with van der Waals surface area (Å²) in [5.74, 6) is -2.10. The second-order valence-electron chi connectivity index (χ2n) is 10.5. The Morgan fingerprint density at radius 2 is 1.87 bits per heavy atom. The second-order valence-corrected chi connectivity index (χ2v) is 10.5. The maximum atomic E-state index is 15.1. The van der Waals surface area contributed by atoms with Crippen molar-refractivity contribution in [1.82, 2.24) is 14.9 Å². The summed E-state index contributed by atoms with van der Waals surface area (Å²) in [5, 5.41) is 13.0. The Morgan fingerprint density at radius 3 is 2.58 bits per heavy atom. The summed E-state index contributed by atoms with van der Waals surface area (Å²) in [6.07, 6.45) is 4.61. The Labute approximate surface area is 220 Å². The number of benzene rings is 1. The van der Waals surface area contributed by atoms with Crippen LogP contribution in [0.25, 0.3) is 11.3 Å². The number of aliphatic hydroxyl groups is 1. The number of nitrogens with two attached hydrogens (primary N) is 1. The first kappa shape index (κ1) is 26.4. The molecule has 0 aliphatic carbocycles. The van der Waals surface area contributed by atoms with Gasteiger partial charge in [0, 0.05) is 45.0 Å². The highest BCUT2D eigenvalue weighted by atomic mass is 19.1. The van der Waals surface area contributed by atoms with Gasteiger partial charge in [0.25, 0.3) is 0 Å². The molecule has 202 valence electrons. The van der Waals surface area contributed by atoms with Gasteiger partial charge >= 0.3 is 0 Å². The smallest absolute Gasteiger partial charge is 0.149 e. The number of nitrogens with zero attached hydrogens (tertiary/aromatic N) is 4. The van der Waals surface area contributed by atoms with E-state index in [1.54, 1.807) is 12.4 Å². The van der Waals surface area contributed by atoms with Gasteiger partial charge in [0.1, 0.15) is 23.1 Å². The van der Waals surface area contributed by atoms with Crippen molar-refractivity contribution in [3.8, 4) is 11.3 Å². The summed E-state index contributed by atoms with van der Waals surface area (Å²) in [6.45, 7) is 5.40. The molecule has 2 saturated heterocycles. The number of aliphatic hydroxyl groups excluding tert-OH is 1. The molecule has 5 rings (SSSR count). The molecule has 0 saturated carbocycles. The molecule has 2 fully saturated rings. The van der Waals surface area contributed by atoms with Crippen molar-refractivity contribution < 1.29 is 18.3 Å². The van der Waals surface area contributed by atoms with Gasteiger partial charge in [-0.2, -0.15) is 0 Å². The van der Waals surface area contributed by atoms with E-state index in [1.807, 2.05) is 11.0 Å². The lowest BCUT2D eigenvalue weighted by Crippen LogP contribution is -2.46. The molecule has 0 amide bonds. The van der Waals surface area contributed by atoms with E-state index >= 15 is 8.78 Å². The lowest BCUT2D eigenvalue weighted by molar-refractivity contribution is 0.174. The first-order valence-corrected chi connectivity index (χ1v) is 13.0. The average molecular weight is 527 g/mol. The minimum atomic E-state index is -0.874. The third-order valence-corrected chi connectivity index (χ3v) is 7.19. The summed E-state index contributed by atoms with van der Waals surface area (Å²) in [7, 11) is 0. The lowest BCUT2D eigenvalue weighted by atomic mass is 9.96. The van der Waals surface area contributed by atoms with Gasteiger partial charge in [0.15, 0.2) is 0 Å². The van der Waals surface area contributed by atoms with Crippen LogP contribution in [0.5, 0.6) is 0 Å². The predicted molar refractivity (Wildman–Crippen MR) is 141 cm³/mol. The molecule has 4 N–H and O–H groups in total. The van der Waals surface area contributed by atoms with Crippen molar-refractivity contribution >= 4 is 11.4 Å². The third kappa shape index (κ3) is 5.92. The zero-order valence-electron chi connectivity index (χ0n) is 21.4. The minimum absolute atomic E-state index is 0.0826. The average Bonchev–Trinajstić information content (AvgIpc) is 3.27. The zero-order chi connectivity index (χ0) is 26.8. The third-order valence-electron chi connectivity index (χ3n) is 7.19. The lowest BCUT2D eigenvalue weighted by Gasteiger charge is -2.37. The van der Waals surface area contributed by atoms with Crippen molar-refractivity contribution in [3.63, 3.8) is 0 Å². The summed E-state index contributed by atoms with van der Waals surface area (Å²) in [4.78, 5) is 12.6. The van der Waals surface area contributed by atoms with E-state index in [1.165, 1.54) is 24.3 Å². The molecule has 0 radical (unpaired) electrons. The molecule has 4 heterocycles. The second kappa shape index (κ2) is 11.3. The van der Waals surface area contributed by atoms with Crippen molar-refractivity contribution in [2.45, 2.75) is 45.0 Å². The molecule has 1 aromatic carbocycles. The number of pyridine rings is 2. The largest absolute Gasteiger partial charge is 0.392 e. The summed E-state index contributed by atoms with van der Waals surface area (Å²) in [6, 6.07) is 7.09. The van der Waals surface area contributed by atoms with Crippen LogP contribution in [-0.2, 0) is 13.1 Å². The SMILES string of the molecule is CC1CC(N)CN(c2ccncc2NCc2ccc(F)c(-c3c(F)cc(CN4CCC(O)C4)cc3F)n2)C1. The molecule has 3 unspecified atom stereocenters. The maximum absolute atomic E-state index is 15.1. The molecule has 7 nitrogen and oxygen atoms in total. The number of rotatable bonds is 7. The van der Waals surface area contributed by atoms with E-state index in [-0.39, 0.29) is 18.3 Å². The monoisotopic (exact) mass is 526 g/mol. The fourth-order valence-corrected chi connectivity index (χ4v) is 5.49. The minimum Gasteiger partial charge on any atom is -0.392 e. The summed E-state index contributed by atoms with van der Waals surface area (Å²) >= 11 is 0. The zero-order valence-corrected chi connectivity index (χ0v) is 21.4.